The molecule has 0 fully saturated rings. The van der Waals surface area contributed by atoms with Gasteiger partial charge in [-0.15, -0.1) is 11.3 Å². The number of carboxylic acids is 1. The van der Waals surface area contributed by atoms with Crippen molar-refractivity contribution in [2.75, 3.05) is 0 Å². The second kappa shape index (κ2) is 3.44. The summed E-state index contributed by atoms with van der Waals surface area (Å²) in [6.07, 6.45) is -4.74. The smallest absolute Gasteiger partial charge is 0.425 e. The zero-order valence-corrected chi connectivity index (χ0v) is 7.62. The Kier molecular flexibility index (Phi) is 2.73. The third-order valence-electron chi connectivity index (χ3n) is 1.46. The summed E-state index contributed by atoms with van der Waals surface area (Å²) in [6, 6.07) is 0.887. The SMILES string of the molecule is O=C(O)C(F)(F)c1ccc(C(F)(F)F)s1. The van der Waals surface area contributed by atoms with Crippen LogP contribution in [0, 0.1) is 0 Å². The molecule has 0 saturated heterocycles. The first kappa shape index (κ1) is 11.9. The van der Waals surface area contributed by atoms with Crippen molar-refractivity contribution in [1.29, 1.82) is 0 Å². The summed E-state index contributed by atoms with van der Waals surface area (Å²) in [5, 5.41) is 8.08. The largest absolute Gasteiger partial charge is 0.477 e. The molecule has 1 aromatic rings. The topological polar surface area (TPSA) is 37.3 Å². The lowest BCUT2D eigenvalue weighted by atomic mass is 10.3. The molecule has 0 bridgehead atoms. The summed E-state index contributed by atoms with van der Waals surface area (Å²) in [6.45, 7) is 0. The fraction of sp³-hybridized carbons (Fsp3) is 0.286. The Morgan fingerprint density at radius 3 is 1.93 bits per heavy atom. The minimum Gasteiger partial charge on any atom is -0.477 e. The van der Waals surface area contributed by atoms with E-state index >= 15 is 0 Å². The standard InChI is InChI=1S/C7H3F5O2S/c8-6(9,5(13)14)3-1-2-4(15-3)7(10,11)12/h1-2H,(H,13,14). The number of aliphatic carboxylic acids is 1. The molecule has 84 valence electrons. The van der Waals surface area contributed by atoms with E-state index in [2.05, 4.69) is 0 Å². The number of carboxylic acid groups (broad SMARTS) is 1. The highest BCUT2D eigenvalue weighted by Gasteiger charge is 2.44. The minimum atomic E-state index is -4.74. The lowest BCUT2D eigenvalue weighted by molar-refractivity contribution is -0.165. The summed E-state index contributed by atoms with van der Waals surface area (Å²) in [5.74, 6) is -6.76. The van der Waals surface area contributed by atoms with Crippen molar-refractivity contribution >= 4 is 17.3 Å². The van der Waals surface area contributed by atoms with Crippen molar-refractivity contribution < 1.29 is 31.9 Å². The van der Waals surface area contributed by atoms with Crippen LogP contribution in [-0.2, 0) is 16.9 Å². The highest BCUT2D eigenvalue weighted by molar-refractivity contribution is 7.12. The van der Waals surface area contributed by atoms with Gasteiger partial charge in [0, 0.05) is 0 Å². The zero-order valence-electron chi connectivity index (χ0n) is 6.81. The van der Waals surface area contributed by atoms with E-state index < -0.39 is 27.8 Å². The average Bonchev–Trinajstić information content (AvgIpc) is 2.50. The lowest BCUT2D eigenvalue weighted by Gasteiger charge is -2.07. The first-order valence-electron chi connectivity index (χ1n) is 3.44. The lowest BCUT2D eigenvalue weighted by Crippen LogP contribution is -2.23. The van der Waals surface area contributed by atoms with Crippen LogP contribution in [0.4, 0.5) is 22.0 Å². The molecule has 0 aliphatic heterocycles. The van der Waals surface area contributed by atoms with Gasteiger partial charge in [-0.1, -0.05) is 0 Å². The Labute approximate surface area is 84.0 Å². The van der Waals surface area contributed by atoms with Gasteiger partial charge in [0.25, 0.3) is 0 Å². The number of hydrogen-bond donors (Lipinski definition) is 1. The maximum atomic E-state index is 12.7. The molecule has 1 rings (SSSR count). The highest BCUT2D eigenvalue weighted by atomic mass is 32.1. The van der Waals surface area contributed by atoms with Gasteiger partial charge in [0.2, 0.25) is 0 Å². The zero-order chi connectivity index (χ0) is 11.9. The fourth-order valence-electron chi connectivity index (χ4n) is 0.764. The van der Waals surface area contributed by atoms with Crippen LogP contribution in [0.25, 0.3) is 0 Å². The van der Waals surface area contributed by atoms with Crippen LogP contribution in [0.1, 0.15) is 9.75 Å². The third kappa shape index (κ3) is 2.25. The second-order valence-electron chi connectivity index (χ2n) is 2.54. The molecular weight excluding hydrogens is 243 g/mol. The summed E-state index contributed by atoms with van der Waals surface area (Å²) in [4.78, 5) is 7.67. The monoisotopic (exact) mass is 246 g/mol. The second-order valence-corrected chi connectivity index (χ2v) is 3.62. The van der Waals surface area contributed by atoms with Crippen LogP contribution in [0.2, 0.25) is 0 Å². The molecule has 0 aliphatic rings. The average molecular weight is 246 g/mol. The molecule has 15 heavy (non-hydrogen) atoms. The van der Waals surface area contributed by atoms with Gasteiger partial charge >= 0.3 is 18.1 Å². The number of halogens is 5. The van der Waals surface area contributed by atoms with Crippen molar-refractivity contribution in [2.24, 2.45) is 0 Å². The summed E-state index contributed by atoms with van der Waals surface area (Å²) in [5.41, 5.74) is 0. The maximum Gasteiger partial charge on any atom is 0.425 e. The third-order valence-corrected chi connectivity index (χ3v) is 2.66. The van der Waals surface area contributed by atoms with E-state index in [0.717, 1.165) is 0 Å². The molecule has 0 spiro atoms. The van der Waals surface area contributed by atoms with E-state index in [-0.39, 0.29) is 11.3 Å². The predicted molar refractivity (Wildman–Crippen MR) is 40.9 cm³/mol. The number of rotatable bonds is 2. The van der Waals surface area contributed by atoms with Gasteiger partial charge < -0.3 is 5.11 Å². The Hall–Kier alpha value is -1.18. The van der Waals surface area contributed by atoms with Crippen molar-refractivity contribution in [3.8, 4) is 0 Å². The minimum absolute atomic E-state index is 0.281. The number of thiophene rings is 1. The van der Waals surface area contributed by atoms with Crippen LogP contribution in [0.5, 0.6) is 0 Å². The first-order valence-corrected chi connectivity index (χ1v) is 4.26. The molecule has 0 radical (unpaired) electrons. The molecule has 8 heteroatoms. The van der Waals surface area contributed by atoms with Crippen LogP contribution in [0.15, 0.2) is 12.1 Å². The van der Waals surface area contributed by atoms with E-state index in [1.165, 1.54) is 0 Å². The predicted octanol–water partition coefficient (Wildman–Crippen LogP) is 2.94. The Morgan fingerprint density at radius 1 is 1.13 bits per heavy atom. The van der Waals surface area contributed by atoms with Gasteiger partial charge in [-0.3, -0.25) is 0 Å². The Balaban J connectivity index is 3.10. The van der Waals surface area contributed by atoms with Gasteiger partial charge in [0.05, 0.1) is 4.88 Å². The van der Waals surface area contributed by atoms with Crippen LogP contribution < -0.4 is 0 Å². The summed E-state index contributed by atoms with van der Waals surface area (Å²) in [7, 11) is 0. The van der Waals surface area contributed by atoms with E-state index in [1.54, 1.807) is 0 Å². The molecular formula is C7H3F5O2S. The summed E-state index contributed by atoms with van der Waals surface area (Å²) < 4.78 is 61.5. The Bertz CT molecular complexity index is 381. The maximum absolute atomic E-state index is 12.7. The molecule has 0 unspecified atom stereocenters. The van der Waals surface area contributed by atoms with Gasteiger partial charge in [0.1, 0.15) is 4.88 Å². The van der Waals surface area contributed by atoms with Crippen molar-refractivity contribution in [3.05, 3.63) is 21.9 Å². The van der Waals surface area contributed by atoms with Crippen LogP contribution in [-0.4, -0.2) is 11.1 Å². The van der Waals surface area contributed by atoms with Crippen LogP contribution in [0.3, 0.4) is 0 Å². The van der Waals surface area contributed by atoms with E-state index in [4.69, 9.17) is 5.11 Å². The molecule has 1 heterocycles. The van der Waals surface area contributed by atoms with Gasteiger partial charge in [-0.2, -0.15) is 22.0 Å². The fourth-order valence-corrected chi connectivity index (χ4v) is 1.60. The van der Waals surface area contributed by atoms with E-state index in [0.29, 0.717) is 12.1 Å². The van der Waals surface area contributed by atoms with Gasteiger partial charge in [-0.05, 0) is 12.1 Å². The first-order chi connectivity index (χ1) is 6.65. The number of carbonyl (C=O) groups is 1. The number of hydrogen-bond acceptors (Lipinski definition) is 2. The quantitative estimate of drug-likeness (QED) is 0.814. The molecule has 0 saturated carbocycles. The highest BCUT2D eigenvalue weighted by Crippen LogP contribution is 2.40. The van der Waals surface area contributed by atoms with E-state index in [9.17, 15) is 26.7 Å². The van der Waals surface area contributed by atoms with Gasteiger partial charge in [-0.25, -0.2) is 4.79 Å². The molecule has 0 atom stereocenters. The Morgan fingerprint density at radius 2 is 1.60 bits per heavy atom. The number of alkyl halides is 5. The molecule has 1 aromatic heterocycles. The molecule has 1 N–H and O–H groups in total. The normalized spacial score (nSPS) is 12.9. The summed E-state index contributed by atoms with van der Waals surface area (Å²) >= 11 is -0.281. The molecule has 0 aromatic carbocycles. The molecule has 2 nitrogen and oxygen atoms in total. The van der Waals surface area contributed by atoms with Crippen LogP contribution >= 0.6 is 11.3 Å². The molecule has 0 aliphatic carbocycles. The van der Waals surface area contributed by atoms with Crippen molar-refractivity contribution in [3.63, 3.8) is 0 Å². The van der Waals surface area contributed by atoms with Crippen molar-refractivity contribution in [2.45, 2.75) is 12.1 Å². The molecule has 0 amide bonds. The van der Waals surface area contributed by atoms with Gasteiger partial charge in [0.15, 0.2) is 0 Å². The van der Waals surface area contributed by atoms with Crippen molar-refractivity contribution in [1.82, 2.24) is 0 Å². The van der Waals surface area contributed by atoms with E-state index in [1.807, 2.05) is 0 Å².